The fourth-order valence-electron chi connectivity index (χ4n) is 3.35. The molecular weight excluding hydrogens is 432 g/mol. The Hall–Kier alpha value is -4.39. The van der Waals surface area contributed by atoms with E-state index in [1.165, 1.54) is 6.08 Å². The molecule has 0 saturated carbocycles. The number of nitrogen functional groups attached to an aromatic ring is 1. The Morgan fingerprint density at radius 2 is 1.44 bits per heavy atom. The largest absolute Gasteiger partial charge is 0.495 e. The maximum Gasteiger partial charge on any atom is 0.203 e. The Balaban J connectivity index is 1.81. The van der Waals surface area contributed by atoms with Gasteiger partial charge in [0.25, 0.3) is 0 Å². The zero-order valence-electron chi connectivity index (χ0n) is 19.6. The number of carbonyl (C=O) groups is 1. The first-order chi connectivity index (χ1) is 16.5. The molecule has 0 aliphatic carbocycles. The molecule has 0 bridgehead atoms. The van der Waals surface area contributed by atoms with Crippen LogP contribution in [0.1, 0.15) is 21.5 Å². The Kier molecular flexibility index (Phi) is 8.18. The van der Waals surface area contributed by atoms with E-state index in [-0.39, 0.29) is 5.78 Å². The van der Waals surface area contributed by atoms with Gasteiger partial charge in [-0.15, -0.1) is 0 Å². The summed E-state index contributed by atoms with van der Waals surface area (Å²) in [5.41, 5.74) is 9.28. The minimum Gasteiger partial charge on any atom is -0.495 e. The normalized spacial score (nSPS) is 10.9. The topological polar surface area (TPSA) is 92.0 Å². The minimum absolute atomic E-state index is 0.192. The van der Waals surface area contributed by atoms with Gasteiger partial charge in [0.15, 0.2) is 17.3 Å². The number of hydrogen-bond acceptors (Lipinski definition) is 7. The van der Waals surface area contributed by atoms with E-state index >= 15 is 0 Å². The molecule has 0 saturated heterocycles. The van der Waals surface area contributed by atoms with E-state index in [0.29, 0.717) is 39.9 Å². The zero-order valence-corrected chi connectivity index (χ0v) is 19.6. The van der Waals surface area contributed by atoms with Crippen LogP contribution in [-0.4, -0.2) is 34.2 Å². The Labute approximate surface area is 199 Å². The molecule has 3 N–H and O–H groups in total. The average Bonchev–Trinajstić information content (AvgIpc) is 2.86. The van der Waals surface area contributed by atoms with Gasteiger partial charge >= 0.3 is 0 Å². The van der Waals surface area contributed by atoms with E-state index < -0.39 is 0 Å². The van der Waals surface area contributed by atoms with Crippen LogP contribution in [0.15, 0.2) is 66.9 Å². The number of para-hydroxylation sites is 1. The Bertz CT molecular complexity index is 1190. The third-order valence-electron chi connectivity index (χ3n) is 5.08. The van der Waals surface area contributed by atoms with Gasteiger partial charge in [0.1, 0.15) is 5.75 Å². The number of carbonyl (C=O) groups excluding carboxylic acids is 1. The maximum absolute atomic E-state index is 12.4. The van der Waals surface area contributed by atoms with E-state index in [1.54, 1.807) is 58.9 Å². The van der Waals surface area contributed by atoms with Crippen molar-refractivity contribution in [1.29, 1.82) is 0 Å². The molecule has 176 valence electrons. The second kappa shape index (κ2) is 11.5. The molecule has 0 radical (unpaired) electrons. The smallest absolute Gasteiger partial charge is 0.203 e. The third-order valence-corrected chi connectivity index (χ3v) is 5.08. The molecule has 3 aromatic rings. The first kappa shape index (κ1) is 24.3. The van der Waals surface area contributed by atoms with Gasteiger partial charge in [0.05, 0.1) is 34.1 Å². The molecule has 7 heteroatoms. The number of ketones is 1. The van der Waals surface area contributed by atoms with Crippen molar-refractivity contribution >= 4 is 29.3 Å². The van der Waals surface area contributed by atoms with Crippen LogP contribution in [0, 0.1) is 0 Å². The fraction of sp³-hybridized carbons (Fsp3) is 0.148. The van der Waals surface area contributed by atoms with Gasteiger partial charge in [-0.1, -0.05) is 30.4 Å². The molecular formula is C27H28N2O5. The first-order valence-corrected chi connectivity index (χ1v) is 10.5. The van der Waals surface area contributed by atoms with Crippen LogP contribution in [0.5, 0.6) is 23.0 Å². The molecule has 0 amide bonds. The van der Waals surface area contributed by atoms with Crippen molar-refractivity contribution in [3.05, 3.63) is 83.6 Å². The molecule has 7 nitrogen and oxygen atoms in total. The van der Waals surface area contributed by atoms with Crippen molar-refractivity contribution in [2.45, 2.75) is 0 Å². The number of methoxy groups -OCH3 is 4. The molecule has 34 heavy (non-hydrogen) atoms. The molecule has 0 unspecified atom stereocenters. The highest BCUT2D eigenvalue weighted by molar-refractivity contribution is 6.08. The van der Waals surface area contributed by atoms with Crippen LogP contribution in [0.3, 0.4) is 0 Å². The summed E-state index contributed by atoms with van der Waals surface area (Å²) >= 11 is 0. The van der Waals surface area contributed by atoms with Crippen LogP contribution >= 0.6 is 0 Å². The second-order valence-electron chi connectivity index (χ2n) is 7.18. The number of ether oxygens (including phenoxy) is 4. The highest BCUT2D eigenvalue weighted by atomic mass is 16.5. The standard InChI is InChI=1S/C27H28N2O5/c1-31-24-12-11-18(9-10-19-16-25(32-2)27(34-4)26(17-19)33-3)15-22(24)29-14-13-23(30)20-7-5-6-8-21(20)28/h5-17,29H,28H2,1-4H3. The number of nitrogens with one attached hydrogen (secondary N) is 1. The molecule has 0 aromatic heterocycles. The van der Waals surface area contributed by atoms with Crippen LogP contribution in [-0.2, 0) is 0 Å². The highest BCUT2D eigenvalue weighted by Crippen LogP contribution is 2.38. The van der Waals surface area contributed by atoms with Crippen LogP contribution in [0.2, 0.25) is 0 Å². The summed E-state index contributed by atoms with van der Waals surface area (Å²) in [6, 6.07) is 16.4. The predicted octanol–water partition coefficient (Wildman–Crippen LogP) is 5.28. The van der Waals surface area contributed by atoms with Crippen LogP contribution in [0.4, 0.5) is 11.4 Å². The number of benzene rings is 3. The summed E-state index contributed by atoms with van der Waals surface area (Å²) in [6.45, 7) is 0. The number of allylic oxidation sites excluding steroid dienone is 1. The van der Waals surface area contributed by atoms with Crippen molar-refractivity contribution in [3.8, 4) is 23.0 Å². The van der Waals surface area contributed by atoms with Crippen molar-refractivity contribution < 1.29 is 23.7 Å². The lowest BCUT2D eigenvalue weighted by Gasteiger charge is -2.13. The predicted molar refractivity (Wildman–Crippen MR) is 136 cm³/mol. The molecule has 3 aromatic carbocycles. The summed E-state index contributed by atoms with van der Waals surface area (Å²) in [5.74, 6) is 2.14. The summed E-state index contributed by atoms with van der Waals surface area (Å²) < 4.78 is 21.6. The molecule has 0 aliphatic heterocycles. The number of rotatable bonds is 10. The van der Waals surface area contributed by atoms with E-state index in [2.05, 4.69) is 5.32 Å². The van der Waals surface area contributed by atoms with Gasteiger partial charge in [-0.3, -0.25) is 4.79 Å². The third kappa shape index (κ3) is 5.69. The fourth-order valence-corrected chi connectivity index (χ4v) is 3.35. The zero-order chi connectivity index (χ0) is 24.5. The summed E-state index contributed by atoms with van der Waals surface area (Å²) in [5, 5.41) is 3.12. The lowest BCUT2D eigenvalue weighted by Crippen LogP contribution is -2.01. The van der Waals surface area contributed by atoms with Gasteiger partial charge in [0.2, 0.25) is 5.75 Å². The highest BCUT2D eigenvalue weighted by Gasteiger charge is 2.12. The quantitative estimate of drug-likeness (QED) is 0.184. The number of nitrogens with two attached hydrogens (primary N) is 1. The Morgan fingerprint density at radius 3 is 2.06 bits per heavy atom. The van der Waals surface area contributed by atoms with E-state index in [9.17, 15) is 4.79 Å². The van der Waals surface area contributed by atoms with E-state index in [4.69, 9.17) is 24.7 Å². The van der Waals surface area contributed by atoms with Crippen molar-refractivity contribution in [3.63, 3.8) is 0 Å². The van der Waals surface area contributed by atoms with Crippen molar-refractivity contribution in [2.24, 2.45) is 0 Å². The SMILES string of the molecule is COc1ccc(C=Cc2cc(OC)c(OC)c(OC)c2)cc1NC=CC(=O)c1ccccc1N. The maximum atomic E-state index is 12.4. The molecule has 0 heterocycles. The monoisotopic (exact) mass is 460 g/mol. The van der Waals surface area contributed by atoms with Crippen molar-refractivity contribution in [2.75, 3.05) is 39.5 Å². The lowest BCUT2D eigenvalue weighted by molar-refractivity contribution is 0.104. The summed E-state index contributed by atoms with van der Waals surface area (Å²) in [4.78, 5) is 12.4. The van der Waals surface area contributed by atoms with Crippen LogP contribution in [0.25, 0.3) is 12.2 Å². The average molecular weight is 461 g/mol. The summed E-state index contributed by atoms with van der Waals surface area (Å²) in [6.07, 6.45) is 6.89. The molecule has 0 fully saturated rings. The van der Waals surface area contributed by atoms with Gasteiger partial charge < -0.3 is 30.0 Å². The van der Waals surface area contributed by atoms with Gasteiger partial charge in [-0.05, 0) is 47.5 Å². The molecule has 3 rings (SSSR count). The van der Waals surface area contributed by atoms with E-state index in [1.807, 2.05) is 42.5 Å². The lowest BCUT2D eigenvalue weighted by atomic mass is 10.1. The van der Waals surface area contributed by atoms with Gasteiger partial charge in [-0.25, -0.2) is 0 Å². The van der Waals surface area contributed by atoms with Gasteiger partial charge in [-0.2, -0.15) is 0 Å². The number of hydrogen-bond donors (Lipinski definition) is 2. The van der Waals surface area contributed by atoms with E-state index in [0.717, 1.165) is 11.1 Å². The molecule has 0 spiro atoms. The molecule has 0 aliphatic rings. The number of anilines is 2. The summed E-state index contributed by atoms with van der Waals surface area (Å²) in [7, 11) is 6.32. The minimum atomic E-state index is -0.192. The second-order valence-corrected chi connectivity index (χ2v) is 7.18. The first-order valence-electron chi connectivity index (χ1n) is 10.5. The van der Waals surface area contributed by atoms with Crippen molar-refractivity contribution in [1.82, 2.24) is 0 Å². The van der Waals surface area contributed by atoms with Gasteiger partial charge in [0, 0.05) is 23.5 Å². The molecule has 0 atom stereocenters. The Morgan fingerprint density at radius 1 is 0.794 bits per heavy atom. The van der Waals surface area contributed by atoms with Crippen LogP contribution < -0.4 is 30.0 Å².